The lowest BCUT2D eigenvalue weighted by Crippen LogP contribution is -2.48. The maximum atomic E-state index is 15.4. The van der Waals surface area contributed by atoms with Crippen LogP contribution in [0.25, 0.3) is 5.57 Å². The number of hydrogen-bond acceptors (Lipinski definition) is 10. The molecule has 1 aliphatic rings. The third-order valence-electron chi connectivity index (χ3n) is 7.42. The van der Waals surface area contributed by atoms with Crippen LogP contribution in [-0.2, 0) is 25.4 Å². The average Bonchev–Trinajstić information content (AvgIpc) is 3.05. The molecule has 0 fully saturated rings. The van der Waals surface area contributed by atoms with Crippen molar-refractivity contribution in [3.8, 4) is 0 Å². The number of aliphatic imine (C=N–C) groups is 2. The van der Waals surface area contributed by atoms with Crippen LogP contribution in [0.3, 0.4) is 0 Å². The fourth-order valence-electron chi connectivity index (χ4n) is 5.13. The summed E-state index contributed by atoms with van der Waals surface area (Å²) < 4.78 is 36.6. The number of hydrogen-bond donors (Lipinski definition) is 4. The molecule has 5 amide bonds. The van der Waals surface area contributed by atoms with Gasteiger partial charge < -0.3 is 29.2 Å². The van der Waals surface area contributed by atoms with Crippen LogP contribution in [0.1, 0.15) is 111 Å². The monoisotopic (exact) mass is 823 g/mol. The van der Waals surface area contributed by atoms with Crippen molar-refractivity contribution in [1.29, 1.82) is 0 Å². The summed E-state index contributed by atoms with van der Waals surface area (Å²) in [6.07, 6.45) is -0.635. The zero-order valence-electron chi connectivity index (χ0n) is 36.0. The van der Waals surface area contributed by atoms with E-state index in [0.717, 1.165) is 11.1 Å². The minimum Gasteiger partial charge on any atom is -0.444 e. The summed E-state index contributed by atoms with van der Waals surface area (Å²) in [6, 6.07) is 11.2. The van der Waals surface area contributed by atoms with Gasteiger partial charge in [0.15, 0.2) is 0 Å². The highest BCUT2D eigenvalue weighted by atomic mass is 19.1. The lowest BCUT2D eigenvalue weighted by molar-refractivity contribution is 0.0528. The third kappa shape index (κ3) is 18.0. The molecule has 0 bridgehead atoms. The van der Waals surface area contributed by atoms with Crippen LogP contribution in [-0.4, -0.2) is 89.1 Å². The topological polar surface area (TPSA) is 198 Å². The van der Waals surface area contributed by atoms with Crippen molar-refractivity contribution in [2.45, 2.75) is 118 Å². The maximum absolute atomic E-state index is 15.4. The van der Waals surface area contributed by atoms with Crippen LogP contribution >= 0.6 is 0 Å². The highest BCUT2D eigenvalue weighted by molar-refractivity contribution is 6.05. The van der Waals surface area contributed by atoms with Crippen LogP contribution in [0.2, 0.25) is 0 Å². The van der Waals surface area contributed by atoms with E-state index in [1.807, 2.05) is 6.08 Å². The minimum absolute atomic E-state index is 0.0436. The van der Waals surface area contributed by atoms with E-state index in [-0.39, 0.29) is 30.6 Å². The van der Waals surface area contributed by atoms with Crippen LogP contribution < -0.4 is 21.3 Å². The number of nitrogens with one attached hydrogen (secondary N) is 4. The summed E-state index contributed by atoms with van der Waals surface area (Å²) >= 11 is 0. The summed E-state index contributed by atoms with van der Waals surface area (Å²) in [4.78, 5) is 72.9. The summed E-state index contributed by atoms with van der Waals surface area (Å²) in [5.41, 5.74) is -0.649. The Balaban J connectivity index is 1.65. The Morgan fingerprint density at radius 1 is 0.712 bits per heavy atom. The zero-order valence-corrected chi connectivity index (χ0v) is 36.0. The van der Waals surface area contributed by atoms with Gasteiger partial charge in [-0.2, -0.15) is 0 Å². The zero-order chi connectivity index (χ0) is 44.3. The van der Waals surface area contributed by atoms with Gasteiger partial charge in [-0.1, -0.05) is 24.3 Å². The molecule has 59 heavy (non-hydrogen) atoms. The Morgan fingerprint density at radius 2 is 1.24 bits per heavy atom. The molecule has 4 N–H and O–H groups in total. The van der Waals surface area contributed by atoms with Gasteiger partial charge in [-0.3, -0.25) is 25.7 Å². The van der Waals surface area contributed by atoms with Crippen molar-refractivity contribution in [1.82, 2.24) is 20.9 Å². The number of anilines is 1. The maximum Gasteiger partial charge on any atom is 0.437 e. The number of benzene rings is 2. The Morgan fingerprint density at radius 3 is 1.71 bits per heavy atom. The van der Waals surface area contributed by atoms with Crippen LogP contribution in [0.4, 0.5) is 29.3 Å². The summed E-state index contributed by atoms with van der Waals surface area (Å²) in [6.45, 7) is 21.2. The molecule has 322 valence electrons. The lowest BCUT2D eigenvalue weighted by Gasteiger charge is -2.30. The number of halogens is 1. The number of guanidine groups is 2. The lowest BCUT2D eigenvalue weighted by atomic mass is 9.98. The van der Waals surface area contributed by atoms with E-state index in [1.165, 1.54) is 12.1 Å². The van der Waals surface area contributed by atoms with Crippen molar-refractivity contribution < 1.29 is 47.3 Å². The molecule has 0 spiro atoms. The fourth-order valence-corrected chi connectivity index (χ4v) is 5.13. The van der Waals surface area contributed by atoms with E-state index in [4.69, 9.17) is 18.9 Å². The van der Waals surface area contributed by atoms with Gasteiger partial charge in [0.1, 0.15) is 28.2 Å². The average molecular weight is 824 g/mol. The largest absolute Gasteiger partial charge is 0.444 e. The molecule has 1 heterocycles. The summed E-state index contributed by atoms with van der Waals surface area (Å²) in [5.74, 6) is -1.54. The molecule has 0 unspecified atom stereocenters. The number of nitrogens with zero attached hydrogens (tertiary/aromatic N) is 3. The summed E-state index contributed by atoms with van der Waals surface area (Å²) in [5, 5.41) is 10.1. The second-order valence-corrected chi connectivity index (χ2v) is 17.5. The first kappa shape index (κ1) is 47.4. The molecule has 0 atom stereocenters. The number of carbonyl (C=O) groups is 5. The van der Waals surface area contributed by atoms with E-state index in [1.54, 1.807) is 118 Å². The predicted octanol–water partition coefficient (Wildman–Crippen LogP) is 7.93. The molecule has 0 saturated carbocycles. The van der Waals surface area contributed by atoms with Crippen molar-refractivity contribution >= 4 is 53.5 Å². The van der Waals surface area contributed by atoms with E-state index >= 15 is 4.39 Å². The molecule has 0 saturated heterocycles. The molecule has 0 radical (unpaired) electrons. The van der Waals surface area contributed by atoms with Crippen LogP contribution in [0.15, 0.2) is 58.5 Å². The normalized spacial score (nSPS) is 13.6. The van der Waals surface area contributed by atoms with Gasteiger partial charge in [0.25, 0.3) is 5.91 Å². The molecule has 0 aromatic heterocycles. The molecular formula is C42H58FN7O9. The number of alkyl carbamates (subject to hydrolysis) is 3. The minimum atomic E-state index is -0.883. The SMILES string of the molecule is CC(C)(C)OC(=O)N=C(NC(=O)OC(C)(C)C)N1CC=C(c2ccc(C(=O)Nc3ccc(CCN=C(NC(=O)OC(C)(C)C)NC(=O)OC(C)(C)C)cc3)c(F)c2)CC1. The number of ether oxygens (including phenoxy) is 4. The molecule has 0 aliphatic carbocycles. The van der Waals surface area contributed by atoms with Gasteiger partial charge in [0, 0.05) is 25.3 Å². The van der Waals surface area contributed by atoms with E-state index in [2.05, 4.69) is 31.3 Å². The van der Waals surface area contributed by atoms with Crippen molar-refractivity contribution in [3.63, 3.8) is 0 Å². The number of amides is 5. The smallest absolute Gasteiger partial charge is 0.437 e. The third-order valence-corrected chi connectivity index (χ3v) is 7.42. The van der Waals surface area contributed by atoms with E-state index in [0.29, 0.717) is 30.6 Å². The Labute approximate surface area is 345 Å². The van der Waals surface area contributed by atoms with Crippen LogP contribution in [0, 0.1) is 5.82 Å². The van der Waals surface area contributed by atoms with E-state index < -0.39 is 58.5 Å². The van der Waals surface area contributed by atoms with Gasteiger partial charge in [0.2, 0.25) is 11.9 Å². The molecular weight excluding hydrogens is 765 g/mol. The number of carbonyl (C=O) groups excluding carboxylic acids is 5. The Kier molecular flexibility index (Phi) is 15.8. The van der Waals surface area contributed by atoms with Crippen LogP contribution in [0.5, 0.6) is 0 Å². The predicted molar refractivity (Wildman–Crippen MR) is 223 cm³/mol. The Hall–Kier alpha value is -6.00. The second-order valence-electron chi connectivity index (χ2n) is 17.5. The van der Waals surface area contributed by atoms with Gasteiger partial charge in [0.05, 0.1) is 5.56 Å². The second kappa shape index (κ2) is 19.6. The van der Waals surface area contributed by atoms with Gasteiger partial charge >= 0.3 is 24.4 Å². The highest BCUT2D eigenvalue weighted by Crippen LogP contribution is 2.25. The number of rotatable bonds is 6. The van der Waals surface area contributed by atoms with E-state index in [9.17, 15) is 24.0 Å². The van der Waals surface area contributed by atoms with Crippen molar-refractivity contribution in [3.05, 3.63) is 71.0 Å². The molecule has 16 nitrogen and oxygen atoms in total. The molecule has 3 rings (SSSR count). The van der Waals surface area contributed by atoms with Gasteiger partial charge in [-0.15, -0.1) is 4.99 Å². The molecule has 2 aromatic carbocycles. The summed E-state index contributed by atoms with van der Waals surface area (Å²) in [7, 11) is 0. The molecule has 2 aromatic rings. The standard InChI is InChI=1S/C42H58FN7O9/c1-39(2,3)56-35(52)46-33(47-36(53)57-40(4,5)6)44-22-19-26-13-16-29(17-14-26)45-32(51)30-18-15-28(25-31(30)43)27-20-23-50(24-21-27)34(48-37(54)58-41(7,8)9)49-38(55)59-42(10,11)12/h13-18,20,25H,19,21-24H2,1-12H3,(H,45,51)(H,48,49,54,55)(H2,44,46,47,52,53). The van der Waals surface area contributed by atoms with Gasteiger partial charge in [-0.25, -0.2) is 23.6 Å². The quantitative estimate of drug-likeness (QED) is 0.126. The first-order chi connectivity index (χ1) is 27.1. The van der Waals surface area contributed by atoms with Crippen molar-refractivity contribution in [2.24, 2.45) is 9.98 Å². The molecule has 1 aliphatic heterocycles. The first-order valence-electron chi connectivity index (χ1n) is 19.1. The van der Waals surface area contributed by atoms with Crippen molar-refractivity contribution in [2.75, 3.05) is 25.0 Å². The highest BCUT2D eigenvalue weighted by Gasteiger charge is 2.26. The first-order valence-corrected chi connectivity index (χ1v) is 19.1. The van der Waals surface area contributed by atoms with Gasteiger partial charge in [-0.05, 0) is 137 Å². The molecule has 17 heteroatoms. The Bertz CT molecular complexity index is 1920. The fraction of sp³-hybridized carbons (Fsp3) is 0.500.